The number of hydrogen-bond donors (Lipinski definition) is 2. The summed E-state index contributed by atoms with van der Waals surface area (Å²) in [7, 11) is -3.21. The molecule has 1 fully saturated rings. The Hall–Kier alpha value is -1.27. The van der Waals surface area contributed by atoms with Gasteiger partial charge in [-0.2, -0.15) is 0 Å². The molecule has 1 aromatic rings. The monoisotopic (exact) mass is 270 g/mol. The van der Waals surface area contributed by atoms with E-state index in [1.165, 1.54) is 0 Å². The van der Waals surface area contributed by atoms with Crippen molar-refractivity contribution in [2.45, 2.75) is 25.5 Å². The topological polar surface area (TPSA) is 67.4 Å². The average molecular weight is 270 g/mol. The number of rotatable bonds is 4. The van der Waals surface area contributed by atoms with Crippen molar-refractivity contribution in [1.29, 1.82) is 0 Å². The van der Waals surface area contributed by atoms with Gasteiger partial charge in [-0.3, -0.25) is 4.72 Å². The van der Waals surface area contributed by atoms with Crippen molar-refractivity contribution in [3.63, 3.8) is 0 Å². The number of ether oxygens (including phenoxy) is 1. The first-order valence-corrected chi connectivity index (χ1v) is 7.79. The van der Waals surface area contributed by atoms with Crippen molar-refractivity contribution in [2.75, 3.05) is 22.9 Å². The van der Waals surface area contributed by atoms with Gasteiger partial charge < -0.3 is 10.1 Å². The van der Waals surface area contributed by atoms with Gasteiger partial charge in [0, 0.05) is 18.0 Å². The lowest BCUT2D eigenvalue weighted by molar-refractivity contribution is 0.121. The summed E-state index contributed by atoms with van der Waals surface area (Å²) in [5, 5.41) is 3.38. The number of sulfonamides is 1. The number of nitrogens with one attached hydrogen (secondary N) is 2. The molecule has 5 nitrogen and oxygen atoms in total. The van der Waals surface area contributed by atoms with Crippen LogP contribution in [0, 0.1) is 0 Å². The summed E-state index contributed by atoms with van der Waals surface area (Å²) in [6.07, 6.45) is 2.33. The minimum Gasteiger partial charge on any atom is -0.380 e. The predicted molar refractivity (Wildman–Crippen MR) is 72.4 cm³/mol. The van der Waals surface area contributed by atoms with Crippen LogP contribution in [0.1, 0.15) is 13.3 Å². The van der Waals surface area contributed by atoms with Crippen molar-refractivity contribution in [2.24, 2.45) is 0 Å². The molecule has 6 heteroatoms. The van der Waals surface area contributed by atoms with Crippen LogP contribution in [0.15, 0.2) is 24.3 Å². The molecule has 1 aliphatic heterocycles. The highest BCUT2D eigenvalue weighted by molar-refractivity contribution is 7.92. The highest BCUT2D eigenvalue weighted by Crippen LogP contribution is 2.20. The summed E-state index contributed by atoms with van der Waals surface area (Å²) in [4.78, 5) is 0. The minimum absolute atomic E-state index is 0.207. The lowest BCUT2D eigenvalue weighted by atomic mass is 10.1. The van der Waals surface area contributed by atoms with E-state index in [0.717, 1.165) is 25.0 Å². The van der Waals surface area contributed by atoms with Crippen molar-refractivity contribution in [3.05, 3.63) is 24.3 Å². The van der Waals surface area contributed by atoms with Crippen LogP contribution in [0.4, 0.5) is 11.4 Å². The molecule has 0 saturated carbocycles. The molecule has 2 atom stereocenters. The molecule has 2 N–H and O–H groups in total. The Bertz CT molecular complexity index is 499. The third kappa shape index (κ3) is 3.61. The van der Waals surface area contributed by atoms with Crippen LogP contribution in [0.3, 0.4) is 0 Å². The fourth-order valence-corrected chi connectivity index (χ4v) is 2.55. The second kappa shape index (κ2) is 5.16. The molecule has 0 radical (unpaired) electrons. The Labute approximate surface area is 108 Å². The molecule has 0 spiro atoms. The summed E-state index contributed by atoms with van der Waals surface area (Å²) < 4.78 is 30.0. The number of benzene rings is 1. The van der Waals surface area contributed by atoms with Gasteiger partial charge in [0.15, 0.2) is 0 Å². The standard InChI is InChI=1S/C12H18N2O3S/c1-9-12(7-8-17-9)13-10-3-5-11(6-4-10)14-18(2,15)16/h3-6,9,12-14H,7-8H2,1-2H3. The lowest BCUT2D eigenvalue weighted by Crippen LogP contribution is -2.26. The first-order valence-electron chi connectivity index (χ1n) is 5.90. The Morgan fingerprint density at radius 2 is 1.83 bits per heavy atom. The third-order valence-corrected chi connectivity index (χ3v) is 3.52. The van der Waals surface area contributed by atoms with Crippen molar-refractivity contribution in [1.82, 2.24) is 0 Å². The molecule has 1 heterocycles. The van der Waals surface area contributed by atoms with E-state index in [2.05, 4.69) is 10.0 Å². The fraction of sp³-hybridized carbons (Fsp3) is 0.500. The van der Waals surface area contributed by atoms with Crippen LogP contribution in [0.2, 0.25) is 0 Å². The van der Waals surface area contributed by atoms with Crippen LogP contribution in [-0.4, -0.2) is 33.4 Å². The van der Waals surface area contributed by atoms with E-state index in [1.54, 1.807) is 12.1 Å². The second-order valence-corrected chi connectivity index (χ2v) is 6.32. The smallest absolute Gasteiger partial charge is 0.229 e. The zero-order valence-electron chi connectivity index (χ0n) is 10.5. The highest BCUT2D eigenvalue weighted by atomic mass is 32.2. The van der Waals surface area contributed by atoms with Crippen LogP contribution >= 0.6 is 0 Å². The first kappa shape index (κ1) is 13.2. The van der Waals surface area contributed by atoms with Gasteiger partial charge in [-0.1, -0.05) is 0 Å². The van der Waals surface area contributed by atoms with Gasteiger partial charge >= 0.3 is 0 Å². The zero-order valence-corrected chi connectivity index (χ0v) is 11.3. The average Bonchev–Trinajstić information content (AvgIpc) is 2.65. The molecular formula is C12H18N2O3S. The van der Waals surface area contributed by atoms with E-state index >= 15 is 0 Å². The summed E-state index contributed by atoms with van der Waals surface area (Å²) in [6, 6.07) is 7.52. The molecule has 2 rings (SSSR count). The molecule has 1 aromatic carbocycles. The van der Waals surface area contributed by atoms with E-state index in [1.807, 2.05) is 19.1 Å². The van der Waals surface area contributed by atoms with E-state index in [0.29, 0.717) is 11.7 Å². The zero-order chi connectivity index (χ0) is 13.2. The molecule has 18 heavy (non-hydrogen) atoms. The minimum atomic E-state index is -3.21. The lowest BCUT2D eigenvalue weighted by Gasteiger charge is -2.17. The van der Waals surface area contributed by atoms with Gasteiger partial charge in [-0.05, 0) is 37.6 Å². The summed E-state index contributed by atoms with van der Waals surface area (Å²) in [6.45, 7) is 2.83. The number of hydrogen-bond acceptors (Lipinski definition) is 4. The summed E-state index contributed by atoms with van der Waals surface area (Å²) in [5.41, 5.74) is 1.54. The van der Waals surface area contributed by atoms with Crippen molar-refractivity contribution in [3.8, 4) is 0 Å². The molecule has 0 aromatic heterocycles. The Kier molecular flexibility index (Phi) is 3.77. The van der Waals surface area contributed by atoms with Crippen molar-refractivity contribution < 1.29 is 13.2 Å². The predicted octanol–water partition coefficient (Wildman–Crippen LogP) is 1.65. The highest BCUT2D eigenvalue weighted by Gasteiger charge is 2.23. The van der Waals surface area contributed by atoms with Gasteiger partial charge in [-0.15, -0.1) is 0 Å². The summed E-state index contributed by atoms with van der Waals surface area (Å²) >= 11 is 0. The molecule has 1 aliphatic rings. The summed E-state index contributed by atoms with van der Waals surface area (Å²) in [5.74, 6) is 0. The van der Waals surface area contributed by atoms with Crippen LogP contribution in [0.25, 0.3) is 0 Å². The van der Waals surface area contributed by atoms with Gasteiger partial charge in [0.2, 0.25) is 10.0 Å². The molecule has 0 aliphatic carbocycles. The molecule has 2 unspecified atom stereocenters. The van der Waals surface area contributed by atoms with Gasteiger partial charge in [0.05, 0.1) is 18.4 Å². The van der Waals surface area contributed by atoms with E-state index in [4.69, 9.17) is 4.74 Å². The Balaban J connectivity index is 1.99. The normalized spacial score (nSPS) is 23.9. The quantitative estimate of drug-likeness (QED) is 0.873. The maximum Gasteiger partial charge on any atom is 0.229 e. The molecular weight excluding hydrogens is 252 g/mol. The van der Waals surface area contributed by atoms with Crippen LogP contribution < -0.4 is 10.0 Å². The first-order chi connectivity index (χ1) is 8.44. The fourth-order valence-electron chi connectivity index (χ4n) is 1.98. The molecule has 1 saturated heterocycles. The largest absolute Gasteiger partial charge is 0.380 e. The van der Waals surface area contributed by atoms with Gasteiger partial charge in [0.1, 0.15) is 0 Å². The van der Waals surface area contributed by atoms with Crippen molar-refractivity contribution >= 4 is 21.4 Å². The SMILES string of the molecule is CC1OCCC1Nc1ccc(NS(C)(=O)=O)cc1. The van der Waals surface area contributed by atoms with E-state index in [9.17, 15) is 8.42 Å². The van der Waals surface area contributed by atoms with E-state index < -0.39 is 10.0 Å². The third-order valence-electron chi connectivity index (χ3n) is 2.92. The maximum atomic E-state index is 11.1. The maximum absolute atomic E-state index is 11.1. The van der Waals surface area contributed by atoms with Gasteiger partial charge in [-0.25, -0.2) is 8.42 Å². The molecule has 100 valence electrons. The molecule has 0 amide bonds. The second-order valence-electron chi connectivity index (χ2n) is 4.57. The van der Waals surface area contributed by atoms with E-state index in [-0.39, 0.29) is 6.10 Å². The molecule has 0 bridgehead atoms. The van der Waals surface area contributed by atoms with Crippen LogP contribution in [0.5, 0.6) is 0 Å². The van der Waals surface area contributed by atoms with Gasteiger partial charge in [0.25, 0.3) is 0 Å². The number of anilines is 2. The Morgan fingerprint density at radius 3 is 2.33 bits per heavy atom. The Morgan fingerprint density at radius 1 is 1.22 bits per heavy atom. The van der Waals surface area contributed by atoms with Crippen LogP contribution in [-0.2, 0) is 14.8 Å².